The number of para-hydroxylation sites is 1. The van der Waals surface area contributed by atoms with Crippen LogP contribution in [0.5, 0.6) is 17.2 Å². The molecule has 128 valence electrons. The minimum Gasteiger partial charge on any atom is -0.493 e. The van der Waals surface area contributed by atoms with Gasteiger partial charge < -0.3 is 24.6 Å². The van der Waals surface area contributed by atoms with E-state index in [0.717, 1.165) is 41.3 Å². The van der Waals surface area contributed by atoms with Gasteiger partial charge in [-0.3, -0.25) is 0 Å². The van der Waals surface area contributed by atoms with E-state index >= 15 is 0 Å². The Morgan fingerprint density at radius 1 is 1.25 bits per heavy atom. The topological polar surface area (TPSA) is 60.0 Å². The molecule has 0 radical (unpaired) electrons. The van der Waals surface area contributed by atoms with Gasteiger partial charge in [0.25, 0.3) is 0 Å². The quantitative estimate of drug-likeness (QED) is 0.815. The van der Waals surface area contributed by atoms with Gasteiger partial charge in [0.15, 0.2) is 11.5 Å². The number of benzene rings is 2. The van der Waals surface area contributed by atoms with Crippen LogP contribution in [-0.4, -0.2) is 38.1 Å². The van der Waals surface area contributed by atoms with Gasteiger partial charge in [0.1, 0.15) is 19.0 Å². The fraction of sp³-hybridized carbons (Fsp3) is 0.368. The highest BCUT2D eigenvalue weighted by Crippen LogP contribution is 2.34. The smallest absolute Gasteiger partial charge is 0.164 e. The van der Waals surface area contributed by atoms with E-state index < -0.39 is 0 Å². The van der Waals surface area contributed by atoms with Crippen LogP contribution in [0.15, 0.2) is 42.5 Å². The van der Waals surface area contributed by atoms with Crippen molar-refractivity contribution in [3.63, 3.8) is 0 Å². The largest absolute Gasteiger partial charge is 0.493 e. The van der Waals surface area contributed by atoms with Crippen molar-refractivity contribution in [1.29, 1.82) is 0 Å². The van der Waals surface area contributed by atoms with Crippen LogP contribution < -0.4 is 19.5 Å². The standard InChI is InChI=1S/C19H23NO4/c1-22-18-7-3-5-15-11-16(13-24-19(15)18)20-12-14-4-2-6-17(10-14)23-9-8-21/h2-7,10,16,20-21H,8-9,11-13H2,1H3. The van der Waals surface area contributed by atoms with Crippen LogP contribution in [0.1, 0.15) is 11.1 Å². The van der Waals surface area contributed by atoms with E-state index in [1.807, 2.05) is 30.3 Å². The summed E-state index contributed by atoms with van der Waals surface area (Å²) in [6.45, 7) is 1.69. The summed E-state index contributed by atoms with van der Waals surface area (Å²) in [6, 6.07) is 14.1. The third kappa shape index (κ3) is 3.99. The Labute approximate surface area is 142 Å². The molecule has 0 fully saturated rings. The van der Waals surface area contributed by atoms with Crippen molar-refractivity contribution in [2.45, 2.75) is 19.0 Å². The van der Waals surface area contributed by atoms with Gasteiger partial charge in [0, 0.05) is 12.6 Å². The monoisotopic (exact) mass is 329 g/mol. The maximum Gasteiger partial charge on any atom is 0.164 e. The number of aliphatic hydroxyl groups is 1. The first-order valence-corrected chi connectivity index (χ1v) is 8.15. The Bertz CT molecular complexity index is 674. The average Bonchev–Trinajstić information content (AvgIpc) is 2.64. The molecule has 0 spiro atoms. The van der Waals surface area contributed by atoms with Crippen molar-refractivity contribution in [1.82, 2.24) is 5.32 Å². The number of aliphatic hydroxyl groups excluding tert-OH is 1. The van der Waals surface area contributed by atoms with Crippen molar-refractivity contribution in [2.75, 3.05) is 26.9 Å². The Kier molecular flexibility index (Phi) is 5.56. The number of nitrogens with one attached hydrogen (secondary N) is 1. The molecule has 2 aromatic rings. The molecule has 2 N–H and O–H groups in total. The third-order valence-electron chi connectivity index (χ3n) is 4.03. The summed E-state index contributed by atoms with van der Waals surface area (Å²) in [6.07, 6.45) is 0.910. The second-order valence-corrected chi connectivity index (χ2v) is 5.76. The van der Waals surface area contributed by atoms with Gasteiger partial charge in [-0.25, -0.2) is 0 Å². The molecule has 5 heteroatoms. The molecule has 5 nitrogen and oxygen atoms in total. The summed E-state index contributed by atoms with van der Waals surface area (Å²) in [4.78, 5) is 0. The van der Waals surface area contributed by atoms with Crippen LogP contribution >= 0.6 is 0 Å². The van der Waals surface area contributed by atoms with Crippen LogP contribution in [0, 0.1) is 0 Å². The van der Waals surface area contributed by atoms with Crippen LogP contribution in [0.2, 0.25) is 0 Å². The van der Waals surface area contributed by atoms with Crippen molar-refractivity contribution in [2.24, 2.45) is 0 Å². The Hall–Kier alpha value is -2.24. The SMILES string of the molecule is COc1cccc2c1OCC(NCc1cccc(OCCO)c1)C2. The van der Waals surface area contributed by atoms with Gasteiger partial charge in [-0.15, -0.1) is 0 Å². The molecule has 0 saturated carbocycles. The number of hydrogen-bond acceptors (Lipinski definition) is 5. The third-order valence-corrected chi connectivity index (χ3v) is 4.03. The lowest BCUT2D eigenvalue weighted by molar-refractivity contribution is 0.201. The van der Waals surface area contributed by atoms with E-state index in [2.05, 4.69) is 17.4 Å². The van der Waals surface area contributed by atoms with Crippen molar-refractivity contribution in [3.05, 3.63) is 53.6 Å². The molecular formula is C19H23NO4. The van der Waals surface area contributed by atoms with Gasteiger partial charge in [0.05, 0.1) is 13.7 Å². The zero-order valence-corrected chi connectivity index (χ0v) is 13.8. The van der Waals surface area contributed by atoms with E-state index in [-0.39, 0.29) is 12.6 Å². The average molecular weight is 329 g/mol. The summed E-state index contributed by atoms with van der Waals surface area (Å²) < 4.78 is 16.7. The number of hydrogen-bond donors (Lipinski definition) is 2. The molecule has 1 heterocycles. The molecule has 1 aliphatic heterocycles. The molecule has 0 bridgehead atoms. The van der Waals surface area contributed by atoms with E-state index in [1.165, 1.54) is 0 Å². The lowest BCUT2D eigenvalue weighted by atomic mass is 10.0. The van der Waals surface area contributed by atoms with Crippen molar-refractivity contribution in [3.8, 4) is 17.2 Å². The van der Waals surface area contributed by atoms with Crippen LogP contribution in [0.3, 0.4) is 0 Å². The van der Waals surface area contributed by atoms with Crippen molar-refractivity contribution >= 4 is 0 Å². The predicted octanol–water partition coefficient (Wildman–Crippen LogP) is 2.16. The lowest BCUT2D eigenvalue weighted by Gasteiger charge is -2.27. The van der Waals surface area contributed by atoms with Gasteiger partial charge in [-0.1, -0.05) is 24.3 Å². The molecule has 1 aliphatic rings. The summed E-state index contributed by atoms with van der Waals surface area (Å²) >= 11 is 0. The molecule has 1 atom stereocenters. The molecular weight excluding hydrogens is 306 g/mol. The van der Waals surface area contributed by atoms with Crippen LogP contribution in [0.4, 0.5) is 0 Å². The molecule has 0 aliphatic carbocycles. The highest BCUT2D eigenvalue weighted by atomic mass is 16.5. The van der Waals surface area contributed by atoms with E-state index in [4.69, 9.17) is 19.3 Å². The second kappa shape index (κ2) is 8.04. The number of methoxy groups -OCH3 is 1. The normalized spacial score (nSPS) is 16.2. The zero-order chi connectivity index (χ0) is 16.8. The second-order valence-electron chi connectivity index (χ2n) is 5.76. The fourth-order valence-electron chi connectivity index (χ4n) is 2.86. The number of rotatable bonds is 7. The van der Waals surface area contributed by atoms with Crippen LogP contribution in [0.25, 0.3) is 0 Å². The number of fused-ring (bicyclic) bond motifs is 1. The maximum absolute atomic E-state index is 8.83. The molecule has 0 aromatic heterocycles. The highest BCUT2D eigenvalue weighted by molar-refractivity contribution is 5.48. The molecule has 2 aromatic carbocycles. The first-order valence-electron chi connectivity index (χ1n) is 8.15. The molecule has 0 amide bonds. The summed E-state index contributed by atoms with van der Waals surface area (Å²) in [7, 11) is 1.66. The van der Waals surface area contributed by atoms with Crippen molar-refractivity contribution < 1.29 is 19.3 Å². The Morgan fingerprint density at radius 3 is 2.96 bits per heavy atom. The Balaban J connectivity index is 1.58. The Morgan fingerprint density at radius 2 is 2.12 bits per heavy atom. The summed E-state index contributed by atoms with van der Waals surface area (Å²) in [5, 5.41) is 12.4. The van der Waals surface area contributed by atoms with Gasteiger partial charge >= 0.3 is 0 Å². The van der Waals surface area contributed by atoms with Gasteiger partial charge in [-0.2, -0.15) is 0 Å². The van der Waals surface area contributed by atoms with E-state index in [1.54, 1.807) is 7.11 Å². The molecule has 24 heavy (non-hydrogen) atoms. The van der Waals surface area contributed by atoms with Gasteiger partial charge in [-0.05, 0) is 35.7 Å². The first-order chi connectivity index (χ1) is 11.8. The molecule has 3 rings (SSSR count). The summed E-state index contributed by atoms with van der Waals surface area (Å²) in [5.41, 5.74) is 2.31. The minimum absolute atomic E-state index is 0.0186. The van der Waals surface area contributed by atoms with E-state index in [9.17, 15) is 0 Å². The van der Waals surface area contributed by atoms with E-state index in [0.29, 0.717) is 13.2 Å². The van der Waals surface area contributed by atoms with Crippen LogP contribution in [-0.2, 0) is 13.0 Å². The maximum atomic E-state index is 8.83. The minimum atomic E-state index is 0.0186. The lowest BCUT2D eigenvalue weighted by Crippen LogP contribution is -2.38. The molecule has 0 saturated heterocycles. The first kappa shape index (κ1) is 16.6. The highest BCUT2D eigenvalue weighted by Gasteiger charge is 2.22. The zero-order valence-electron chi connectivity index (χ0n) is 13.8. The predicted molar refractivity (Wildman–Crippen MR) is 91.8 cm³/mol. The van der Waals surface area contributed by atoms with Gasteiger partial charge in [0.2, 0.25) is 0 Å². The summed E-state index contributed by atoms with van der Waals surface area (Å²) in [5.74, 6) is 2.43. The number of ether oxygens (including phenoxy) is 3. The molecule has 1 unspecified atom stereocenters. The fourth-order valence-corrected chi connectivity index (χ4v) is 2.86.